The lowest BCUT2D eigenvalue weighted by Crippen LogP contribution is -1.99. The fourth-order valence-electron chi connectivity index (χ4n) is 1.88. The Labute approximate surface area is 103 Å². The molecule has 0 spiro atoms. The van der Waals surface area contributed by atoms with Crippen LogP contribution >= 0.6 is 0 Å². The summed E-state index contributed by atoms with van der Waals surface area (Å²) in [5.74, 6) is 1.91. The van der Waals surface area contributed by atoms with E-state index in [-0.39, 0.29) is 0 Å². The highest BCUT2D eigenvalue weighted by atomic mass is 15.3. The molecule has 0 aliphatic heterocycles. The van der Waals surface area contributed by atoms with Crippen molar-refractivity contribution >= 4 is 0 Å². The summed E-state index contributed by atoms with van der Waals surface area (Å²) in [4.78, 5) is 4.60. The van der Waals surface area contributed by atoms with E-state index in [4.69, 9.17) is 0 Å². The number of hydrogen-bond donors (Lipinski definition) is 0. The van der Waals surface area contributed by atoms with Crippen LogP contribution in [-0.4, -0.2) is 14.8 Å². The first-order valence-electron chi connectivity index (χ1n) is 6.26. The average molecular weight is 229 g/mol. The van der Waals surface area contributed by atoms with E-state index in [1.165, 1.54) is 19.3 Å². The number of aromatic nitrogens is 3. The lowest BCUT2D eigenvalue weighted by Gasteiger charge is -1.97. The Bertz CT molecular complexity index is 460. The van der Waals surface area contributed by atoms with Gasteiger partial charge in [0.15, 0.2) is 5.82 Å². The van der Waals surface area contributed by atoms with Crippen LogP contribution in [0.3, 0.4) is 0 Å². The molecular weight excluding hydrogens is 210 g/mol. The number of nitrogens with zero attached hydrogens (tertiary/aromatic N) is 3. The van der Waals surface area contributed by atoms with E-state index in [0.29, 0.717) is 0 Å². The molecule has 3 nitrogen and oxygen atoms in total. The number of aryl methyl sites for hydroxylation is 2. The molecule has 0 fully saturated rings. The van der Waals surface area contributed by atoms with E-state index in [9.17, 15) is 0 Å². The smallest absolute Gasteiger partial charge is 0.181 e. The average Bonchev–Trinajstić information content (AvgIpc) is 2.73. The van der Waals surface area contributed by atoms with Gasteiger partial charge in [-0.1, -0.05) is 50.1 Å². The first-order valence-corrected chi connectivity index (χ1v) is 6.26. The second kappa shape index (κ2) is 5.62. The van der Waals surface area contributed by atoms with E-state index in [1.807, 2.05) is 42.1 Å². The number of unbranched alkanes of at least 4 members (excludes halogenated alkanes) is 2. The summed E-state index contributed by atoms with van der Waals surface area (Å²) in [5, 5.41) is 4.47. The second-order valence-corrected chi connectivity index (χ2v) is 4.30. The normalized spacial score (nSPS) is 10.7. The van der Waals surface area contributed by atoms with Gasteiger partial charge in [-0.3, -0.25) is 4.68 Å². The standard InChI is InChI=1S/C14H19N3/c1-3-4-6-11-13-15-14(16-17(13)2)12-9-7-5-8-10-12/h5,7-10H,3-4,6,11H2,1-2H3. The summed E-state index contributed by atoms with van der Waals surface area (Å²) in [6.45, 7) is 2.21. The maximum absolute atomic E-state index is 4.60. The van der Waals surface area contributed by atoms with E-state index >= 15 is 0 Å². The molecule has 90 valence electrons. The van der Waals surface area contributed by atoms with Crippen molar-refractivity contribution < 1.29 is 0 Å². The molecule has 1 heterocycles. The Morgan fingerprint density at radius 3 is 2.59 bits per heavy atom. The van der Waals surface area contributed by atoms with Crippen LogP contribution in [0.4, 0.5) is 0 Å². The minimum absolute atomic E-state index is 0.833. The van der Waals surface area contributed by atoms with Crippen LogP contribution in [0.1, 0.15) is 32.0 Å². The molecule has 0 unspecified atom stereocenters. The Balaban J connectivity index is 2.13. The molecule has 0 aliphatic carbocycles. The van der Waals surface area contributed by atoms with Gasteiger partial charge in [0.1, 0.15) is 5.82 Å². The molecule has 0 saturated heterocycles. The molecule has 0 atom stereocenters. The van der Waals surface area contributed by atoms with Crippen LogP contribution < -0.4 is 0 Å². The SMILES string of the molecule is CCCCCc1nc(-c2ccccc2)nn1C. The first kappa shape index (κ1) is 11.8. The van der Waals surface area contributed by atoms with Crippen molar-refractivity contribution in [3.05, 3.63) is 36.2 Å². The van der Waals surface area contributed by atoms with Gasteiger partial charge >= 0.3 is 0 Å². The van der Waals surface area contributed by atoms with E-state index in [1.54, 1.807) is 0 Å². The highest BCUT2D eigenvalue weighted by molar-refractivity contribution is 5.53. The molecule has 0 aliphatic rings. The van der Waals surface area contributed by atoms with Gasteiger partial charge in [0.05, 0.1) is 0 Å². The summed E-state index contributed by atoms with van der Waals surface area (Å²) >= 11 is 0. The van der Waals surface area contributed by atoms with Crippen molar-refractivity contribution in [1.82, 2.24) is 14.8 Å². The third-order valence-corrected chi connectivity index (χ3v) is 2.89. The van der Waals surface area contributed by atoms with Gasteiger partial charge in [0, 0.05) is 19.0 Å². The van der Waals surface area contributed by atoms with Crippen LogP contribution in [0.15, 0.2) is 30.3 Å². The molecule has 0 saturated carbocycles. The fraction of sp³-hybridized carbons (Fsp3) is 0.429. The number of hydrogen-bond acceptors (Lipinski definition) is 2. The quantitative estimate of drug-likeness (QED) is 0.737. The van der Waals surface area contributed by atoms with Crippen molar-refractivity contribution in [1.29, 1.82) is 0 Å². The Morgan fingerprint density at radius 2 is 1.88 bits per heavy atom. The zero-order chi connectivity index (χ0) is 12.1. The van der Waals surface area contributed by atoms with Gasteiger partial charge in [-0.05, 0) is 6.42 Å². The molecule has 2 aromatic rings. The fourth-order valence-corrected chi connectivity index (χ4v) is 1.88. The molecule has 0 amide bonds. The van der Waals surface area contributed by atoms with E-state index < -0.39 is 0 Å². The molecule has 17 heavy (non-hydrogen) atoms. The zero-order valence-electron chi connectivity index (χ0n) is 10.6. The minimum Gasteiger partial charge on any atom is -0.253 e. The molecule has 1 aromatic heterocycles. The summed E-state index contributed by atoms with van der Waals surface area (Å²) < 4.78 is 1.90. The van der Waals surface area contributed by atoms with Gasteiger partial charge in [0.2, 0.25) is 0 Å². The monoisotopic (exact) mass is 229 g/mol. The van der Waals surface area contributed by atoms with Gasteiger partial charge in [-0.25, -0.2) is 4.98 Å². The maximum atomic E-state index is 4.60. The van der Waals surface area contributed by atoms with Crippen molar-refractivity contribution in [2.45, 2.75) is 32.6 Å². The third-order valence-electron chi connectivity index (χ3n) is 2.89. The van der Waals surface area contributed by atoms with Gasteiger partial charge < -0.3 is 0 Å². The molecule has 3 heteroatoms. The maximum Gasteiger partial charge on any atom is 0.181 e. The molecule has 2 rings (SSSR count). The molecule has 0 N–H and O–H groups in total. The minimum atomic E-state index is 0.833. The molecule has 0 radical (unpaired) electrons. The van der Waals surface area contributed by atoms with Crippen LogP contribution in [0, 0.1) is 0 Å². The predicted molar refractivity (Wildman–Crippen MR) is 69.7 cm³/mol. The lowest BCUT2D eigenvalue weighted by molar-refractivity contribution is 0.643. The van der Waals surface area contributed by atoms with Crippen molar-refractivity contribution in [2.24, 2.45) is 7.05 Å². The van der Waals surface area contributed by atoms with Crippen LogP contribution in [0.5, 0.6) is 0 Å². The van der Waals surface area contributed by atoms with Crippen LogP contribution in [0.2, 0.25) is 0 Å². The number of benzene rings is 1. The summed E-state index contributed by atoms with van der Waals surface area (Å²) in [7, 11) is 1.97. The summed E-state index contributed by atoms with van der Waals surface area (Å²) in [6, 6.07) is 10.1. The predicted octanol–water partition coefficient (Wildman–Crippen LogP) is 3.21. The molecular formula is C14H19N3. The third kappa shape index (κ3) is 2.93. The first-order chi connectivity index (χ1) is 8.31. The largest absolute Gasteiger partial charge is 0.253 e. The van der Waals surface area contributed by atoms with Crippen molar-refractivity contribution in [3.63, 3.8) is 0 Å². The van der Waals surface area contributed by atoms with Crippen LogP contribution in [0.25, 0.3) is 11.4 Å². The summed E-state index contributed by atoms with van der Waals surface area (Å²) in [6.07, 6.45) is 4.71. The lowest BCUT2D eigenvalue weighted by atomic mass is 10.2. The Hall–Kier alpha value is -1.64. The van der Waals surface area contributed by atoms with Gasteiger partial charge in [-0.15, -0.1) is 0 Å². The number of rotatable bonds is 5. The summed E-state index contributed by atoms with van der Waals surface area (Å²) in [5.41, 5.74) is 1.09. The Morgan fingerprint density at radius 1 is 1.12 bits per heavy atom. The van der Waals surface area contributed by atoms with Gasteiger partial charge in [-0.2, -0.15) is 5.10 Å². The van der Waals surface area contributed by atoms with Gasteiger partial charge in [0.25, 0.3) is 0 Å². The van der Waals surface area contributed by atoms with Crippen molar-refractivity contribution in [2.75, 3.05) is 0 Å². The Kier molecular flexibility index (Phi) is 3.91. The molecule has 0 bridgehead atoms. The van der Waals surface area contributed by atoms with Crippen molar-refractivity contribution in [3.8, 4) is 11.4 Å². The van der Waals surface area contributed by atoms with Crippen LogP contribution in [-0.2, 0) is 13.5 Å². The highest BCUT2D eigenvalue weighted by Gasteiger charge is 2.08. The second-order valence-electron chi connectivity index (χ2n) is 4.30. The zero-order valence-corrected chi connectivity index (χ0v) is 10.6. The van der Waals surface area contributed by atoms with E-state index in [0.717, 1.165) is 23.6 Å². The highest BCUT2D eigenvalue weighted by Crippen LogP contribution is 2.15. The topological polar surface area (TPSA) is 30.7 Å². The van der Waals surface area contributed by atoms with E-state index in [2.05, 4.69) is 17.0 Å². The molecule has 1 aromatic carbocycles.